The minimum absolute atomic E-state index is 0.174. The summed E-state index contributed by atoms with van der Waals surface area (Å²) in [6.45, 7) is 0. The van der Waals surface area contributed by atoms with E-state index in [4.69, 9.17) is 0 Å². The van der Waals surface area contributed by atoms with Gasteiger partial charge in [0, 0.05) is 11.8 Å². The average molecular weight is 215 g/mol. The monoisotopic (exact) mass is 215 g/mol. The summed E-state index contributed by atoms with van der Waals surface area (Å²) in [5.74, 6) is -0.116. The van der Waals surface area contributed by atoms with E-state index in [1.165, 1.54) is 12.1 Å². The number of rotatable bonds is 2. The van der Waals surface area contributed by atoms with Crippen molar-refractivity contribution in [1.82, 2.24) is 0 Å². The molecule has 2 aromatic carbocycles. The summed E-state index contributed by atoms with van der Waals surface area (Å²) in [6.07, 6.45) is 1.54. The number of hydrogen-bond acceptors (Lipinski definition) is 2. The Morgan fingerprint density at radius 1 is 1.00 bits per heavy atom. The molecule has 0 aliphatic rings. The molecular weight excluding hydrogens is 205 g/mol. The Kier molecular flexibility index (Phi) is 2.96. The van der Waals surface area contributed by atoms with Gasteiger partial charge in [-0.3, -0.25) is 4.99 Å². The first kappa shape index (κ1) is 10.4. The molecule has 0 radical (unpaired) electrons. The highest BCUT2D eigenvalue weighted by Gasteiger charge is 1.95. The number of aliphatic imine (C=N–C) groups is 1. The molecule has 1 N–H and O–H groups in total. The van der Waals surface area contributed by atoms with Crippen molar-refractivity contribution in [2.75, 3.05) is 0 Å². The van der Waals surface area contributed by atoms with E-state index < -0.39 is 0 Å². The lowest BCUT2D eigenvalue weighted by molar-refractivity contribution is 0.474. The molecule has 2 aromatic rings. The summed E-state index contributed by atoms with van der Waals surface area (Å²) in [7, 11) is 0. The van der Waals surface area contributed by atoms with E-state index in [1.807, 2.05) is 6.07 Å². The van der Waals surface area contributed by atoms with Gasteiger partial charge < -0.3 is 5.11 Å². The van der Waals surface area contributed by atoms with Gasteiger partial charge in [0.1, 0.15) is 11.6 Å². The predicted molar refractivity (Wildman–Crippen MR) is 61.8 cm³/mol. The molecule has 0 unspecified atom stereocenters. The summed E-state index contributed by atoms with van der Waals surface area (Å²) in [6, 6.07) is 12.7. The molecule has 0 atom stereocenters. The predicted octanol–water partition coefficient (Wildman–Crippen LogP) is 3.28. The van der Waals surface area contributed by atoms with E-state index in [1.54, 1.807) is 36.5 Å². The summed E-state index contributed by atoms with van der Waals surface area (Å²) in [4.78, 5) is 4.13. The molecule has 16 heavy (non-hydrogen) atoms. The molecular formula is C13H10FNO. The first-order chi connectivity index (χ1) is 7.75. The quantitative estimate of drug-likeness (QED) is 0.766. The van der Waals surface area contributed by atoms with Gasteiger partial charge in [-0.2, -0.15) is 0 Å². The van der Waals surface area contributed by atoms with Crippen LogP contribution in [-0.2, 0) is 0 Å². The molecule has 0 heterocycles. The number of para-hydroxylation sites is 1. The fourth-order valence-electron chi connectivity index (χ4n) is 1.27. The van der Waals surface area contributed by atoms with Gasteiger partial charge in [-0.25, -0.2) is 4.39 Å². The SMILES string of the molecule is Oc1ccccc1C=Nc1ccc(F)cc1. The second-order valence-electron chi connectivity index (χ2n) is 3.29. The Morgan fingerprint density at radius 3 is 2.38 bits per heavy atom. The number of phenols is 1. The summed E-state index contributed by atoms with van der Waals surface area (Å²) >= 11 is 0. The van der Waals surface area contributed by atoms with Gasteiger partial charge in [-0.05, 0) is 36.4 Å². The van der Waals surface area contributed by atoms with Crippen molar-refractivity contribution >= 4 is 11.9 Å². The fraction of sp³-hybridized carbons (Fsp3) is 0. The van der Waals surface area contributed by atoms with Crippen LogP contribution < -0.4 is 0 Å². The van der Waals surface area contributed by atoms with Gasteiger partial charge in [0.25, 0.3) is 0 Å². The first-order valence-corrected chi connectivity index (χ1v) is 4.83. The lowest BCUT2D eigenvalue weighted by Gasteiger charge is -1.97. The van der Waals surface area contributed by atoms with Crippen molar-refractivity contribution in [3.63, 3.8) is 0 Å². The molecule has 0 aromatic heterocycles. The van der Waals surface area contributed by atoms with E-state index in [9.17, 15) is 9.50 Å². The van der Waals surface area contributed by atoms with Crippen LogP contribution in [-0.4, -0.2) is 11.3 Å². The third-order valence-electron chi connectivity index (χ3n) is 2.12. The zero-order valence-electron chi connectivity index (χ0n) is 8.47. The third kappa shape index (κ3) is 2.45. The lowest BCUT2D eigenvalue weighted by Crippen LogP contribution is -1.80. The van der Waals surface area contributed by atoms with E-state index in [0.717, 1.165) is 0 Å². The Labute approximate surface area is 92.7 Å². The molecule has 0 aliphatic heterocycles. The van der Waals surface area contributed by atoms with Gasteiger partial charge >= 0.3 is 0 Å². The fourth-order valence-corrected chi connectivity index (χ4v) is 1.27. The van der Waals surface area contributed by atoms with Gasteiger partial charge in [0.15, 0.2) is 0 Å². The van der Waals surface area contributed by atoms with Crippen molar-refractivity contribution in [2.24, 2.45) is 4.99 Å². The molecule has 0 amide bonds. The van der Waals surface area contributed by atoms with Gasteiger partial charge in [0.05, 0.1) is 5.69 Å². The van der Waals surface area contributed by atoms with Crippen LogP contribution in [0.5, 0.6) is 5.75 Å². The van der Waals surface area contributed by atoms with E-state index in [0.29, 0.717) is 11.3 Å². The number of hydrogen-bond donors (Lipinski definition) is 1. The summed E-state index contributed by atoms with van der Waals surface area (Å²) < 4.78 is 12.6. The number of aromatic hydroxyl groups is 1. The standard InChI is InChI=1S/C13H10FNO/c14-11-5-7-12(8-6-11)15-9-10-3-1-2-4-13(10)16/h1-9,16H. The van der Waals surface area contributed by atoms with Crippen LogP contribution in [0.25, 0.3) is 0 Å². The van der Waals surface area contributed by atoms with Crippen LogP contribution >= 0.6 is 0 Å². The topological polar surface area (TPSA) is 32.6 Å². The molecule has 2 nitrogen and oxygen atoms in total. The molecule has 0 fully saturated rings. The maximum Gasteiger partial charge on any atom is 0.124 e. The minimum atomic E-state index is -0.290. The maximum absolute atomic E-state index is 12.6. The number of halogens is 1. The van der Waals surface area contributed by atoms with Crippen molar-refractivity contribution in [1.29, 1.82) is 0 Å². The molecule has 80 valence electrons. The molecule has 2 rings (SSSR count). The smallest absolute Gasteiger partial charge is 0.124 e. The minimum Gasteiger partial charge on any atom is -0.507 e. The summed E-state index contributed by atoms with van der Waals surface area (Å²) in [5.41, 5.74) is 1.27. The zero-order valence-corrected chi connectivity index (χ0v) is 8.47. The van der Waals surface area contributed by atoms with E-state index >= 15 is 0 Å². The average Bonchev–Trinajstić information content (AvgIpc) is 2.30. The second kappa shape index (κ2) is 4.57. The van der Waals surface area contributed by atoms with Crippen LogP contribution in [0, 0.1) is 5.82 Å². The van der Waals surface area contributed by atoms with Gasteiger partial charge in [-0.1, -0.05) is 12.1 Å². The largest absolute Gasteiger partial charge is 0.507 e. The Balaban J connectivity index is 2.21. The molecule has 3 heteroatoms. The maximum atomic E-state index is 12.6. The van der Waals surface area contributed by atoms with E-state index in [2.05, 4.69) is 4.99 Å². The van der Waals surface area contributed by atoms with Crippen LogP contribution in [0.4, 0.5) is 10.1 Å². The highest BCUT2D eigenvalue weighted by atomic mass is 19.1. The van der Waals surface area contributed by atoms with Crippen molar-refractivity contribution in [3.8, 4) is 5.75 Å². The number of benzene rings is 2. The lowest BCUT2D eigenvalue weighted by atomic mass is 10.2. The van der Waals surface area contributed by atoms with Crippen molar-refractivity contribution in [3.05, 3.63) is 59.9 Å². The molecule has 0 spiro atoms. The second-order valence-corrected chi connectivity index (χ2v) is 3.29. The van der Waals surface area contributed by atoms with Crippen molar-refractivity contribution < 1.29 is 9.50 Å². The highest BCUT2D eigenvalue weighted by molar-refractivity contribution is 5.85. The molecule has 0 aliphatic carbocycles. The zero-order chi connectivity index (χ0) is 11.4. The molecule has 0 saturated heterocycles. The first-order valence-electron chi connectivity index (χ1n) is 4.83. The van der Waals surface area contributed by atoms with Gasteiger partial charge in [0.2, 0.25) is 0 Å². The molecule has 0 saturated carbocycles. The molecule has 0 bridgehead atoms. The summed E-state index contributed by atoms with van der Waals surface area (Å²) in [5, 5.41) is 9.48. The van der Waals surface area contributed by atoms with Crippen molar-refractivity contribution in [2.45, 2.75) is 0 Å². The third-order valence-corrected chi connectivity index (χ3v) is 2.12. The number of phenolic OH excluding ortho intramolecular Hbond substituents is 1. The van der Waals surface area contributed by atoms with Gasteiger partial charge in [-0.15, -0.1) is 0 Å². The van der Waals surface area contributed by atoms with E-state index in [-0.39, 0.29) is 11.6 Å². The van der Waals surface area contributed by atoms with Crippen LogP contribution in [0.15, 0.2) is 53.5 Å². The highest BCUT2D eigenvalue weighted by Crippen LogP contribution is 2.16. The Hall–Kier alpha value is -2.16. The van der Waals surface area contributed by atoms with Crippen LogP contribution in [0.1, 0.15) is 5.56 Å². The normalized spacial score (nSPS) is 10.8. The van der Waals surface area contributed by atoms with Crippen LogP contribution in [0.2, 0.25) is 0 Å². The number of nitrogens with zero attached hydrogens (tertiary/aromatic N) is 1. The Morgan fingerprint density at radius 2 is 1.69 bits per heavy atom. The van der Waals surface area contributed by atoms with Crippen LogP contribution in [0.3, 0.4) is 0 Å². The Bertz CT molecular complexity index is 506.